The lowest BCUT2D eigenvalue weighted by Crippen LogP contribution is -2.22. The molecule has 0 saturated heterocycles. The van der Waals surface area contributed by atoms with E-state index in [1.54, 1.807) is 0 Å². The first kappa shape index (κ1) is 11.8. The van der Waals surface area contributed by atoms with Gasteiger partial charge < -0.3 is 11.1 Å². The maximum absolute atomic E-state index is 5.78. The number of aryl methyl sites for hydroxylation is 1. The number of likely N-dealkylation sites (N-methyl/N-ethyl adjacent to an activating group) is 1. The lowest BCUT2D eigenvalue weighted by Gasteiger charge is -2.16. The summed E-state index contributed by atoms with van der Waals surface area (Å²) in [6.07, 6.45) is 5.86. The van der Waals surface area contributed by atoms with Crippen LogP contribution in [0.1, 0.15) is 24.6 Å². The molecular formula is C11H20N4. The molecule has 0 aromatic carbocycles. The van der Waals surface area contributed by atoms with Crippen LogP contribution in [0.5, 0.6) is 0 Å². The Balaban J connectivity index is 2.73. The van der Waals surface area contributed by atoms with E-state index in [2.05, 4.69) is 17.0 Å². The Kier molecular flexibility index (Phi) is 4.37. The Hall–Kier alpha value is -1.29. The molecule has 0 bridgehead atoms. The zero-order valence-corrected chi connectivity index (χ0v) is 9.53. The van der Waals surface area contributed by atoms with Crippen LogP contribution in [-0.2, 0) is 0 Å². The molecule has 0 saturated carbocycles. The highest BCUT2D eigenvalue weighted by Gasteiger charge is 2.11. The molecule has 0 amide bonds. The molecular weight excluding hydrogens is 188 g/mol. The van der Waals surface area contributed by atoms with Crippen LogP contribution in [0.25, 0.3) is 0 Å². The van der Waals surface area contributed by atoms with Crippen molar-refractivity contribution in [1.29, 1.82) is 0 Å². The third-order valence-electron chi connectivity index (χ3n) is 2.47. The van der Waals surface area contributed by atoms with Crippen molar-refractivity contribution in [3.63, 3.8) is 0 Å². The molecule has 0 aliphatic carbocycles. The van der Waals surface area contributed by atoms with Gasteiger partial charge in [-0.1, -0.05) is 6.08 Å². The highest BCUT2D eigenvalue weighted by molar-refractivity contribution is 5.39. The quantitative estimate of drug-likeness (QED) is 0.697. The molecule has 1 unspecified atom stereocenters. The normalized spacial score (nSPS) is 12.7. The van der Waals surface area contributed by atoms with E-state index in [1.807, 2.05) is 30.9 Å². The van der Waals surface area contributed by atoms with Crippen LogP contribution in [0, 0.1) is 6.92 Å². The number of nitrogens with zero attached hydrogens (tertiary/aromatic N) is 2. The summed E-state index contributed by atoms with van der Waals surface area (Å²) >= 11 is 0. The Labute approximate surface area is 91.2 Å². The molecule has 0 aliphatic rings. The van der Waals surface area contributed by atoms with Crippen LogP contribution < -0.4 is 11.1 Å². The molecule has 1 rings (SSSR count). The zero-order chi connectivity index (χ0) is 11.3. The minimum Gasteiger partial charge on any atom is -0.396 e. The van der Waals surface area contributed by atoms with Gasteiger partial charge in [0.15, 0.2) is 0 Å². The van der Waals surface area contributed by atoms with Crippen molar-refractivity contribution in [2.24, 2.45) is 0 Å². The number of hydrogen-bond donors (Lipinski definition) is 2. The van der Waals surface area contributed by atoms with Crippen LogP contribution in [0.3, 0.4) is 0 Å². The molecule has 1 aromatic rings. The summed E-state index contributed by atoms with van der Waals surface area (Å²) in [6, 6.07) is 0.351. The number of anilines is 1. The highest BCUT2D eigenvalue weighted by Crippen LogP contribution is 2.16. The highest BCUT2D eigenvalue weighted by atomic mass is 15.3. The predicted octanol–water partition coefficient (Wildman–Crippen LogP) is 1.50. The van der Waals surface area contributed by atoms with Gasteiger partial charge in [0.1, 0.15) is 0 Å². The third kappa shape index (κ3) is 3.09. The molecule has 0 fully saturated rings. The summed E-state index contributed by atoms with van der Waals surface area (Å²) in [5.41, 5.74) is 7.44. The molecule has 84 valence electrons. The van der Waals surface area contributed by atoms with Crippen LogP contribution in [-0.4, -0.2) is 23.4 Å². The number of rotatable bonds is 6. The third-order valence-corrected chi connectivity index (χ3v) is 2.47. The van der Waals surface area contributed by atoms with Crippen molar-refractivity contribution in [3.8, 4) is 0 Å². The van der Waals surface area contributed by atoms with Crippen molar-refractivity contribution in [3.05, 3.63) is 24.5 Å². The van der Waals surface area contributed by atoms with Crippen molar-refractivity contribution in [1.82, 2.24) is 15.1 Å². The Morgan fingerprint density at radius 2 is 2.47 bits per heavy atom. The minimum atomic E-state index is 0.351. The Bertz CT molecular complexity index is 297. The summed E-state index contributed by atoms with van der Waals surface area (Å²) in [4.78, 5) is 0. The number of nitrogens with two attached hydrogens (primary N) is 1. The van der Waals surface area contributed by atoms with E-state index in [0.717, 1.165) is 30.8 Å². The van der Waals surface area contributed by atoms with E-state index in [4.69, 9.17) is 5.73 Å². The van der Waals surface area contributed by atoms with Gasteiger partial charge in [0.25, 0.3) is 0 Å². The van der Waals surface area contributed by atoms with Crippen molar-refractivity contribution < 1.29 is 0 Å². The van der Waals surface area contributed by atoms with Gasteiger partial charge in [-0.3, -0.25) is 4.68 Å². The molecule has 0 radical (unpaired) electrons. The molecule has 15 heavy (non-hydrogen) atoms. The van der Waals surface area contributed by atoms with Crippen molar-refractivity contribution >= 4 is 5.69 Å². The lowest BCUT2D eigenvalue weighted by molar-refractivity contribution is 0.412. The summed E-state index contributed by atoms with van der Waals surface area (Å²) < 4.78 is 1.95. The van der Waals surface area contributed by atoms with Crippen LogP contribution >= 0.6 is 0 Å². The topological polar surface area (TPSA) is 55.9 Å². The van der Waals surface area contributed by atoms with Gasteiger partial charge in [0.2, 0.25) is 0 Å². The maximum atomic E-state index is 5.78. The second-order valence-electron chi connectivity index (χ2n) is 3.73. The van der Waals surface area contributed by atoms with Crippen molar-refractivity contribution in [2.75, 3.05) is 19.3 Å². The molecule has 0 aliphatic heterocycles. The zero-order valence-electron chi connectivity index (χ0n) is 9.53. The second kappa shape index (κ2) is 5.56. The Morgan fingerprint density at radius 3 is 2.93 bits per heavy atom. The average Bonchev–Trinajstić information content (AvgIpc) is 2.54. The van der Waals surface area contributed by atoms with E-state index in [9.17, 15) is 0 Å². The summed E-state index contributed by atoms with van der Waals surface area (Å²) in [6.45, 7) is 6.56. The van der Waals surface area contributed by atoms with Gasteiger partial charge in [0, 0.05) is 12.7 Å². The summed E-state index contributed by atoms with van der Waals surface area (Å²) in [7, 11) is 1.95. The van der Waals surface area contributed by atoms with Crippen LogP contribution in [0.15, 0.2) is 18.9 Å². The monoisotopic (exact) mass is 208 g/mol. The number of hydrogen-bond acceptors (Lipinski definition) is 3. The van der Waals surface area contributed by atoms with E-state index < -0.39 is 0 Å². The molecule has 3 N–H and O–H groups in total. The van der Waals surface area contributed by atoms with E-state index in [-0.39, 0.29) is 0 Å². The number of allylic oxidation sites excluding steroid dienone is 1. The predicted molar refractivity (Wildman–Crippen MR) is 63.8 cm³/mol. The van der Waals surface area contributed by atoms with Gasteiger partial charge in [-0.05, 0) is 26.8 Å². The smallest absolute Gasteiger partial charge is 0.0823 e. The van der Waals surface area contributed by atoms with Gasteiger partial charge in [0.05, 0.1) is 17.4 Å². The summed E-state index contributed by atoms with van der Waals surface area (Å²) in [5, 5.41) is 7.57. The first-order valence-corrected chi connectivity index (χ1v) is 5.25. The van der Waals surface area contributed by atoms with Gasteiger partial charge in [-0.25, -0.2) is 0 Å². The summed E-state index contributed by atoms with van der Waals surface area (Å²) in [5.74, 6) is 0. The Morgan fingerprint density at radius 1 is 1.73 bits per heavy atom. The molecule has 0 spiro atoms. The first-order chi connectivity index (χ1) is 7.19. The molecule has 4 heteroatoms. The first-order valence-electron chi connectivity index (χ1n) is 5.25. The molecule has 1 heterocycles. The largest absolute Gasteiger partial charge is 0.396 e. The molecule has 4 nitrogen and oxygen atoms in total. The molecule has 1 atom stereocenters. The fraction of sp³-hybridized carbons (Fsp3) is 0.545. The van der Waals surface area contributed by atoms with Gasteiger partial charge in [-0.2, -0.15) is 5.10 Å². The van der Waals surface area contributed by atoms with E-state index >= 15 is 0 Å². The number of aromatic nitrogens is 2. The van der Waals surface area contributed by atoms with Crippen LogP contribution in [0.2, 0.25) is 0 Å². The lowest BCUT2D eigenvalue weighted by atomic mass is 10.1. The fourth-order valence-corrected chi connectivity index (χ4v) is 1.56. The maximum Gasteiger partial charge on any atom is 0.0823 e. The number of nitrogen functional groups attached to an aromatic ring is 1. The second-order valence-corrected chi connectivity index (χ2v) is 3.73. The van der Waals surface area contributed by atoms with Crippen molar-refractivity contribution in [2.45, 2.75) is 25.8 Å². The number of nitrogens with one attached hydrogen (secondary N) is 1. The molecule has 1 aromatic heterocycles. The SMILES string of the molecule is C=CCCC(CNC)n1cc(N)c(C)n1. The fourth-order valence-electron chi connectivity index (χ4n) is 1.56. The van der Waals surface area contributed by atoms with Crippen LogP contribution in [0.4, 0.5) is 5.69 Å². The minimum absolute atomic E-state index is 0.351. The standard InChI is InChI=1S/C11H20N4/c1-4-5-6-10(7-13-3)15-8-11(12)9(2)14-15/h4,8,10,13H,1,5-7,12H2,2-3H3. The van der Waals surface area contributed by atoms with E-state index in [1.165, 1.54) is 0 Å². The van der Waals surface area contributed by atoms with Gasteiger partial charge >= 0.3 is 0 Å². The van der Waals surface area contributed by atoms with E-state index in [0.29, 0.717) is 6.04 Å². The average molecular weight is 208 g/mol. The van der Waals surface area contributed by atoms with Gasteiger partial charge in [-0.15, -0.1) is 6.58 Å².